The van der Waals surface area contributed by atoms with Crippen LogP contribution in [0.5, 0.6) is 0 Å². The number of benzene rings is 1. The van der Waals surface area contributed by atoms with Gasteiger partial charge in [-0.1, -0.05) is 11.6 Å². The average Bonchev–Trinajstić information content (AvgIpc) is 3.25. The molecule has 2 aromatic rings. The fourth-order valence-corrected chi connectivity index (χ4v) is 5.41. The maximum absolute atomic E-state index is 13.6. The molecule has 4 amide bonds. The van der Waals surface area contributed by atoms with E-state index >= 15 is 0 Å². The quantitative estimate of drug-likeness (QED) is 0.480. The molecule has 1 fully saturated rings. The highest BCUT2D eigenvalue weighted by atomic mass is 35.5. The first kappa shape index (κ1) is 28.8. The smallest absolute Gasteiger partial charge is 0.313 e. The number of nitrogens with zero attached hydrogens (tertiary/aromatic N) is 3. The molecule has 0 unspecified atom stereocenters. The normalized spacial score (nSPS) is 19.3. The van der Waals surface area contributed by atoms with E-state index in [9.17, 15) is 23.6 Å². The number of fused-ring (bicyclic) bond motifs is 1. The minimum absolute atomic E-state index is 0. The van der Waals surface area contributed by atoms with E-state index in [0.29, 0.717) is 18.0 Å². The number of amides is 4. The number of nitrogens with one attached hydrogen (secondary N) is 3. The van der Waals surface area contributed by atoms with Crippen LogP contribution in [0.4, 0.5) is 10.1 Å². The molecular formula is C23H27Cl2FN6O4S. The van der Waals surface area contributed by atoms with Crippen LogP contribution in [-0.4, -0.2) is 77.2 Å². The summed E-state index contributed by atoms with van der Waals surface area (Å²) in [5.41, 5.74) is 0.990. The van der Waals surface area contributed by atoms with Gasteiger partial charge in [-0.25, -0.2) is 9.37 Å². The standard InChI is InChI=1S/C23H26ClFN6O4S.ClH/c1-12(32)31-8-6-16(27-21(34)20(33)26-13-3-4-14(24)15(25)9-13)18(10-31)28-22(35)23-29-17-5-7-30(2)11-19(17)36-23;/h3-4,9,16,18H,5-8,10-11H2,1-2H3,(H,26,33)(H,27,34)(H,28,35);1H/t16-,18+;/m0./s1. The van der Waals surface area contributed by atoms with E-state index in [1.807, 2.05) is 7.05 Å². The van der Waals surface area contributed by atoms with Crippen LogP contribution in [0.15, 0.2) is 18.2 Å². The van der Waals surface area contributed by atoms with Crippen molar-refractivity contribution in [3.63, 3.8) is 0 Å². The van der Waals surface area contributed by atoms with Crippen molar-refractivity contribution in [3.05, 3.63) is 44.6 Å². The second-order valence-electron chi connectivity index (χ2n) is 8.87. The van der Waals surface area contributed by atoms with Gasteiger partial charge in [0.05, 0.1) is 22.8 Å². The van der Waals surface area contributed by atoms with E-state index in [1.165, 1.54) is 30.4 Å². The topological polar surface area (TPSA) is 124 Å². The number of rotatable bonds is 4. The maximum atomic E-state index is 13.6. The number of likely N-dealkylation sites (N-methyl/N-ethyl adjacent to an activating group) is 1. The van der Waals surface area contributed by atoms with Gasteiger partial charge < -0.3 is 25.8 Å². The molecule has 3 heterocycles. The molecule has 200 valence electrons. The van der Waals surface area contributed by atoms with Crippen molar-refractivity contribution in [2.45, 2.75) is 38.4 Å². The summed E-state index contributed by atoms with van der Waals surface area (Å²) in [6, 6.07) is 2.40. The summed E-state index contributed by atoms with van der Waals surface area (Å²) in [4.78, 5) is 59.3. The van der Waals surface area contributed by atoms with E-state index < -0.39 is 35.6 Å². The first-order valence-corrected chi connectivity index (χ1v) is 12.6. The minimum atomic E-state index is -0.993. The molecule has 0 spiro atoms. The van der Waals surface area contributed by atoms with Crippen molar-refractivity contribution in [2.24, 2.45) is 0 Å². The van der Waals surface area contributed by atoms with E-state index in [2.05, 4.69) is 25.8 Å². The largest absolute Gasteiger partial charge is 0.343 e. The molecule has 0 aliphatic carbocycles. The predicted octanol–water partition coefficient (Wildman–Crippen LogP) is 1.82. The highest BCUT2D eigenvalue weighted by molar-refractivity contribution is 7.13. The molecule has 3 N–H and O–H groups in total. The Morgan fingerprint density at radius 1 is 1.14 bits per heavy atom. The van der Waals surface area contributed by atoms with Crippen molar-refractivity contribution in [2.75, 3.05) is 32.0 Å². The number of piperidine rings is 1. The van der Waals surface area contributed by atoms with Gasteiger partial charge in [0, 0.05) is 50.1 Å². The Hall–Kier alpha value is -2.80. The molecule has 1 aromatic carbocycles. The number of carbonyl (C=O) groups is 4. The van der Waals surface area contributed by atoms with Gasteiger partial charge in [0.1, 0.15) is 5.82 Å². The molecule has 1 aromatic heterocycles. The lowest BCUT2D eigenvalue weighted by Gasteiger charge is -2.38. The number of halogens is 3. The van der Waals surface area contributed by atoms with Gasteiger partial charge in [-0.2, -0.15) is 0 Å². The number of thiazole rings is 1. The molecule has 37 heavy (non-hydrogen) atoms. The zero-order valence-corrected chi connectivity index (χ0v) is 22.6. The van der Waals surface area contributed by atoms with Crippen LogP contribution in [0.1, 0.15) is 33.7 Å². The number of hydrogen-bond donors (Lipinski definition) is 3. The van der Waals surface area contributed by atoms with Crippen LogP contribution in [0, 0.1) is 5.82 Å². The van der Waals surface area contributed by atoms with Crippen LogP contribution < -0.4 is 16.0 Å². The van der Waals surface area contributed by atoms with Gasteiger partial charge in [-0.05, 0) is 31.7 Å². The monoisotopic (exact) mass is 572 g/mol. The van der Waals surface area contributed by atoms with Gasteiger partial charge in [-0.15, -0.1) is 23.7 Å². The molecule has 4 rings (SSSR count). The highest BCUT2D eigenvalue weighted by Gasteiger charge is 2.34. The second-order valence-corrected chi connectivity index (χ2v) is 10.4. The highest BCUT2D eigenvalue weighted by Crippen LogP contribution is 2.25. The zero-order chi connectivity index (χ0) is 26.0. The molecule has 10 nitrogen and oxygen atoms in total. The van der Waals surface area contributed by atoms with Gasteiger partial charge in [-0.3, -0.25) is 19.2 Å². The zero-order valence-electron chi connectivity index (χ0n) is 20.2. The predicted molar refractivity (Wildman–Crippen MR) is 139 cm³/mol. The summed E-state index contributed by atoms with van der Waals surface area (Å²) in [6.07, 6.45) is 1.10. The van der Waals surface area contributed by atoms with Crippen molar-refractivity contribution in [1.29, 1.82) is 0 Å². The Balaban J connectivity index is 0.00000380. The second kappa shape index (κ2) is 12.2. The molecule has 2 atom stereocenters. The van der Waals surface area contributed by atoms with Gasteiger partial charge in [0.15, 0.2) is 5.01 Å². The number of hydrogen-bond acceptors (Lipinski definition) is 7. The van der Waals surface area contributed by atoms with Crippen molar-refractivity contribution in [1.82, 2.24) is 25.4 Å². The van der Waals surface area contributed by atoms with E-state index in [4.69, 9.17) is 11.6 Å². The summed E-state index contributed by atoms with van der Waals surface area (Å²) in [7, 11) is 2.01. The van der Waals surface area contributed by atoms with E-state index in [1.54, 1.807) is 4.90 Å². The first-order chi connectivity index (χ1) is 17.1. The summed E-state index contributed by atoms with van der Waals surface area (Å²) in [5.74, 6) is -3.22. The van der Waals surface area contributed by atoms with Gasteiger partial charge in [0.2, 0.25) is 5.91 Å². The van der Waals surface area contributed by atoms with Crippen LogP contribution in [0.2, 0.25) is 5.02 Å². The van der Waals surface area contributed by atoms with Crippen molar-refractivity contribution >= 4 is 64.7 Å². The Morgan fingerprint density at radius 3 is 2.59 bits per heavy atom. The van der Waals surface area contributed by atoms with Crippen LogP contribution in [0.3, 0.4) is 0 Å². The molecule has 0 bridgehead atoms. The molecule has 0 radical (unpaired) electrons. The third-order valence-electron chi connectivity index (χ3n) is 6.19. The SMILES string of the molecule is CC(=O)N1CC[C@H](NC(=O)C(=O)Nc2ccc(Cl)c(F)c2)[C@H](NC(=O)c2nc3c(s2)CN(C)CC3)C1.Cl. The Kier molecular flexibility index (Phi) is 9.46. The average molecular weight is 573 g/mol. The number of anilines is 1. The summed E-state index contributed by atoms with van der Waals surface area (Å²) in [6.45, 7) is 3.56. The van der Waals surface area contributed by atoms with Gasteiger partial charge in [0.25, 0.3) is 5.91 Å². The van der Waals surface area contributed by atoms with Crippen LogP contribution in [0.25, 0.3) is 0 Å². The maximum Gasteiger partial charge on any atom is 0.313 e. The minimum Gasteiger partial charge on any atom is -0.343 e. The molecule has 2 aliphatic heterocycles. The Labute approximate surface area is 228 Å². The molecule has 2 aliphatic rings. The fourth-order valence-electron chi connectivity index (χ4n) is 4.20. The van der Waals surface area contributed by atoms with Gasteiger partial charge >= 0.3 is 11.8 Å². The van der Waals surface area contributed by atoms with E-state index in [0.717, 1.165) is 36.1 Å². The molecule has 1 saturated heterocycles. The number of likely N-dealkylation sites (tertiary alicyclic amines) is 1. The summed E-state index contributed by atoms with van der Waals surface area (Å²) < 4.78 is 13.6. The summed E-state index contributed by atoms with van der Waals surface area (Å²) >= 11 is 6.97. The third kappa shape index (κ3) is 6.95. The van der Waals surface area contributed by atoms with E-state index in [-0.39, 0.29) is 35.6 Å². The first-order valence-electron chi connectivity index (χ1n) is 11.4. The van der Waals surface area contributed by atoms with Crippen LogP contribution in [-0.2, 0) is 27.3 Å². The third-order valence-corrected chi connectivity index (χ3v) is 7.58. The lowest BCUT2D eigenvalue weighted by Crippen LogP contribution is -2.62. The van der Waals surface area contributed by atoms with Crippen LogP contribution >= 0.6 is 35.3 Å². The molecule has 0 saturated carbocycles. The number of aromatic nitrogens is 1. The Morgan fingerprint density at radius 2 is 1.89 bits per heavy atom. The molecule has 14 heteroatoms. The lowest BCUT2D eigenvalue weighted by atomic mass is 9.98. The van der Waals surface area contributed by atoms with Crippen molar-refractivity contribution < 1.29 is 23.6 Å². The Bertz CT molecular complexity index is 1210. The lowest BCUT2D eigenvalue weighted by molar-refractivity contribution is -0.137. The van der Waals surface area contributed by atoms with Crippen molar-refractivity contribution in [3.8, 4) is 0 Å². The summed E-state index contributed by atoms with van der Waals surface area (Å²) in [5, 5.41) is 8.07. The molecular weight excluding hydrogens is 546 g/mol. The number of carbonyl (C=O) groups excluding carboxylic acids is 4. The fraction of sp³-hybridized carbons (Fsp3) is 0.435.